The van der Waals surface area contributed by atoms with Gasteiger partial charge in [0.25, 0.3) is 0 Å². The van der Waals surface area contributed by atoms with Crippen LogP contribution < -0.4 is 5.73 Å². The van der Waals surface area contributed by atoms with Crippen LogP contribution in [0.4, 0.5) is 5.69 Å². The number of nitrogen functional groups attached to an aromatic ring is 1. The Kier molecular flexibility index (Phi) is 4.42. The maximum Gasteiger partial charge on any atom is 0.105 e. The predicted octanol–water partition coefficient (Wildman–Crippen LogP) is 2.52. The largest absolute Gasteiger partial charge is 0.398 e. The van der Waals surface area contributed by atoms with Crippen LogP contribution in [0.25, 0.3) is 21.2 Å². The van der Waals surface area contributed by atoms with Gasteiger partial charge < -0.3 is 15.9 Å². The maximum atomic E-state index is 10.3. The monoisotopic (exact) mass is 272 g/mol. The number of benzene rings is 2. The first kappa shape index (κ1) is 14.1. The number of anilines is 1. The van der Waals surface area contributed by atoms with Crippen LogP contribution in [-0.4, -0.2) is 22.9 Å². The van der Waals surface area contributed by atoms with Crippen LogP contribution in [0.3, 0.4) is 0 Å². The lowest BCUT2D eigenvalue weighted by Crippen LogP contribution is -2.19. The van der Waals surface area contributed by atoms with Gasteiger partial charge in [-0.05, 0) is 29.0 Å². The van der Waals surface area contributed by atoms with E-state index in [1.54, 1.807) is 24.3 Å². The van der Waals surface area contributed by atoms with E-state index < -0.39 is 12.2 Å². The second-order valence-electron chi connectivity index (χ2n) is 4.54. The molecule has 104 valence electrons. The Morgan fingerprint density at radius 1 is 1.15 bits per heavy atom. The van der Waals surface area contributed by atoms with Crippen molar-refractivity contribution < 1.29 is 10.2 Å². The Labute approximate surface area is 116 Å². The molecule has 0 fully saturated rings. The molecule has 0 spiro atoms. The molecule has 2 unspecified atom stereocenters. The van der Waals surface area contributed by atoms with E-state index >= 15 is 0 Å². The van der Waals surface area contributed by atoms with Crippen molar-refractivity contribution in [3.8, 4) is 0 Å². The molecule has 6 heteroatoms. The van der Waals surface area contributed by atoms with Gasteiger partial charge in [-0.3, -0.25) is 0 Å². The molecule has 0 aromatic heterocycles. The summed E-state index contributed by atoms with van der Waals surface area (Å²) in [6.45, 7) is 0.141. The quantitative estimate of drug-likeness (QED) is 0.336. The third-order valence-electron chi connectivity index (χ3n) is 3.26. The highest BCUT2D eigenvalue weighted by atomic mass is 16.3. The summed E-state index contributed by atoms with van der Waals surface area (Å²) in [5, 5.41) is 25.2. The fraction of sp³-hybridized carbons (Fsp3) is 0.286. The first-order chi connectivity index (χ1) is 9.65. The number of aliphatic hydroxyl groups excluding tert-OH is 2. The van der Waals surface area contributed by atoms with Crippen LogP contribution in [0.2, 0.25) is 0 Å². The molecule has 2 aromatic carbocycles. The first-order valence-electron chi connectivity index (χ1n) is 6.29. The minimum absolute atomic E-state index is 0.141. The summed E-state index contributed by atoms with van der Waals surface area (Å²) in [4.78, 5) is 2.62. The van der Waals surface area contributed by atoms with Gasteiger partial charge in [0.15, 0.2) is 0 Å². The number of hydrogen-bond donors (Lipinski definition) is 3. The Balaban J connectivity index is 2.32. The minimum atomic E-state index is -1.05. The summed E-state index contributed by atoms with van der Waals surface area (Å²) in [7, 11) is 0. The molecule has 0 aliphatic carbocycles. The molecule has 0 saturated carbocycles. The van der Waals surface area contributed by atoms with Gasteiger partial charge in [0.1, 0.15) is 6.10 Å². The van der Waals surface area contributed by atoms with Gasteiger partial charge in [0, 0.05) is 22.5 Å². The lowest BCUT2D eigenvalue weighted by atomic mass is 9.95. The molecule has 0 heterocycles. The van der Waals surface area contributed by atoms with Crippen molar-refractivity contribution in [2.75, 3.05) is 12.3 Å². The third kappa shape index (κ3) is 2.83. The molecule has 0 aliphatic heterocycles. The van der Waals surface area contributed by atoms with Crippen LogP contribution in [0.15, 0.2) is 41.5 Å². The van der Waals surface area contributed by atoms with E-state index in [2.05, 4.69) is 10.0 Å². The highest BCUT2D eigenvalue weighted by Gasteiger charge is 2.20. The van der Waals surface area contributed by atoms with Crippen molar-refractivity contribution in [1.82, 2.24) is 0 Å². The Hall–Kier alpha value is -2.27. The average molecular weight is 272 g/mol. The summed E-state index contributed by atoms with van der Waals surface area (Å²) in [5.41, 5.74) is 15.3. The Morgan fingerprint density at radius 3 is 2.60 bits per heavy atom. The topological polar surface area (TPSA) is 115 Å². The lowest BCUT2D eigenvalue weighted by molar-refractivity contribution is 0.0159. The van der Waals surface area contributed by atoms with Crippen LogP contribution in [0, 0.1) is 0 Å². The van der Waals surface area contributed by atoms with Gasteiger partial charge >= 0.3 is 0 Å². The normalized spacial score (nSPS) is 13.7. The predicted molar refractivity (Wildman–Crippen MR) is 78.0 cm³/mol. The Morgan fingerprint density at radius 2 is 1.85 bits per heavy atom. The lowest BCUT2D eigenvalue weighted by Gasteiger charge is -2.19. The summed E-state index contributed by atoms with van der Waals surface area (Å²) in [6, 6.07) is 10.9. The van der Waals surface area contributed by atoms with Crippen molar-refractivity contribution in [2.24, 2.45) is 5.11 Å². The molecule has 2 aromatic rings. The summed E-state index contributed by atoms with van der Waals surface area (Å²) in [5.74, 6) is 0. The van der Waals surface area contributed by atoms with Crippen molar-refractivity contribution in [2.45, 2.75) is 18.6 Å². The van der Waals surface area contributed by atoms with Gasteiger partial charge in [0.05, 0.1) is 6.10 Å². The van der Waals surface area contributed by atoms with Gasteiger partial charge in [-0.15, -0.1) is 0 Å². The molecular formula is C14H16N4O2. The number of azide groups is 1. The van der Waals surface area contributed by atoms with E-state index in [0.29, 0.717) is 11.3 Å². The van der Waals surface area contributed by atoms with Crippen molar-refractivity contribution >= 4 is 16.5 Å². The van der Waals surface area contributed by atoms with E-state index in [1.165, 1.54) is 0 Å². The second-order valence-corrected chi connectivity index (χ2v) is 4.54. The van der Waals surface area contributed by atoms with Crippen LogP contribution in [0.1, 0.15) is 18.1 Å². The van der Waals surface area contributed by atoms with Gasteiger partial charge in [-0.2, -0.15) is 0 Å². The van der Waals surface area contributed by atoms with Crippen LogP contribution >= 0.6 is 0 Å². The summed E-state index contributed by atoms with van der Waals surface area (Å²) >= 11 is 0. The zero-order valence-electron chi connectivity index (χ0n) is 10.8. The van der Waals surface area contributed by atoms with E-state index in [-0.39, 0.29) is 13.0 Å². The fourth-order valence-corrected chi connectivity index (χ4v) is 2.22. The van der Waals surface area contributed by atoms with E-state index in [4.69, 9.17) is 11.3 Å². The highest BCUT2D eigenvalue weighted by Crippen LogP contribution is 2.30. The first-order valence-corrected chi connectivity index (χ1v) is 6.29. The van der Waals surface area contributed by atoms with Crippen molar-refractivity contribution in [3.63, 3.8) is 0 Å². The zero-order chi connectivity index (χ0) is 14.5. The van der Waals surface area contributed by atoms with Gasteiger partial charge in [0.2, 0.25) is 0 Å². The van der Waals surface area contributed by atoms with Crippen LogP contribution in [-0.2, 0) is 0 Å². The zero-order valence-corrected chi connectivity index (χ0v) is 10.8. The molecule has 2 atom stereocenters. The van der Waals surface area contributed by atoms with Gasteiger partial charge in [-0.1, -0.05) is 35.4 Å². The third-order valence-corrected chi connectivity index (χ3v) is 3.26. The summed E-state index contributed by atoms with van der Waals surface area (Å²) < 4.78 is 0. The standard InChI is InChI=1S/C14H16N4O2/c15-12-6-2-3-9-10(12)4-1-5-11(9)14(20)13(19)7-8-17-18-16/h1-6,13-14,19-20H,7-8,15H2. The molecule has 6 nitrogen and oxygen atoms in total. The van der Waals surface area contributed by atoms with Crippen molar-refractivity contribution in [1.29, 1.82) is 0 Å². The van der Waals surface area contributed by atoms with Crippen molar-refractivity contribution in [3.05, 3.63) is 52.4 Å². The molecule has 0 amide bonds. The van der Waals surface area contributed by atoms with Gasteiger partial charge in [-0.25, -0.2) is 0 Å². The SMILES string of the molecule is [N-]=[N+]=NCCC(O)C(O)c1cccc2c(N)cccc12. The van der Waals surface area contributed by atoms with E-state index in [1.807, 2.05) is 12.1 Å². The average Bonchev–Trinajstić information content (AvgIpc) is 2.46. The minimum Gasteiger partial charge on any atom is -0.398 e. The molecule has 0 aliphatic rings. The molecule has 2 rings (SSSR count). The highest BCUT2D eigenvalue weighted by molar-refractivity contribution is 5.95. The van der Waals surface area contributed by atoms with E-state index in [0.717, 1.165) is 10.8 Å². The molecule has 0 bridgehead atoms. The molecule has 4 N–H and O–H groups in total. The Bertz CT molecular complexity index is 653. The molecule has 0 saturated heterocycles. The summed E-state index contributed by atoms with van der Waals surface area (Å²) in [6.07, 6.45) is -1.84. The molecule has 0 radical (unpaired) electrons. The smallest absolute Gasteiger partial charge is 0.105 e. The number of rotatable bonds is 5. The number of nitrogens with zero attached hydrogens (tertiary/aromatic N) is 3. The van der Waals surface area contributed by atoms with E-state index in [9.17, 15) is 10.2 Å². The molecular weight excluding hydrogens is 256 g/mol. The fourth-order valence-electron chi connectivity index (χ4n) is 2.22. The number of aliphatic hydroxyl groups is 2. The second kappa shape index (κ2) is 6.25. The number of nitrogens with two attached hydrogens (primary N) is 1. The van der Waals surface area contributed by atoms with Crippen LogP contribution in [0.5, 0.6) is 0 Å². The number of hydrogen-bond acceptors (Lipinski definition) is 4. The molecule has 20 heavy (non-hydrogen) atoms. The number of fused-ring (bicyclic) bond motifs is 1. The maximum absolute atomic E-state index is 10.3.